The zero-order valence-electron chi connectivity index (χ0n) is 15.4. The van der Waals surface area contributed by atoms with E-state index in [9.17, 15) is 9.59 Å². The van der Waals surface area contributed by atoms with Crippen LogP contribution in [0.3, 0.4) is 0 Å². The Morgan fingerprint density at radius 2 is 1.65 bits per heavy atom. The highest BCUT2D eigenvalue weighted by molar-refractivity contribution is 5.94. The minimum atomic E-state index is -0.585. The lowest BCUT2D eigenvalue weighted by Gasteiger charge is -2.21. The molecule has 0 fully saturated rings. The first-order valence-electron chi connectivity index (χ1n) is 8.65. The van der Waals surface area contributed by atoms with Crippen molar-refractivity contribution in [3.63, 3.8) is 0 Å². The van der Waals surface area contributed by atoms with Crippen LogP contribution in [0.2, 0.25) is 0 Å². The first kappa shape index (κ1) is 19.5. The highest BCUT2D eigenvalue weighted by Crippen LogP contribution is 2.21. The van der Waals surface area contributed by atoms with Crippen LogP contribution in [-0.4, -0.2) is 25.6 Å². The van der Waals surface area contributed by atoms with Gasteiger partial charge >= 0.3 is 5.97 Å². The van der Waals surface area contributed by atoms with E-state index >= 15 is 0 Å². The predicted molar refractivity (Wildman–Crippen MR) is 100 cm³/mol. The monoisotopic (exact) mass is 355 g/mol. The topological polar surface area (TPSA) is 64.6 Å². The minimum absolute atomic E-state index is 0.117. The summed E-state index contributed by atoms with van der Waals surface area (Å²) in [6.45, 7) is 3.87. The minimum Gasteiger partial charge on any atom is -0.496 e. The van der Waals surface area contributed by atoms with Gasteiger partial charge in [-0.3, -0.25) is 4.79 Å². The molecule has 0 heterocycles. The molecule has 138 valence electrons. The van der Waals surface area contributed by atoms with E-state index in [1.165, 1.54) is 7.11 Å². The Labute approximate surface area is 154 Å². The van der Waals surface area contributed by atoms with Gasteiger partial charge in [0, 0.05) is 0 Å². The third-order valence-electron chi connectivity index (χ3n) is 3.91. The second-order valence-electron chi connectivity index (χ2n) is 6.44. The highest BCUT2D eigenvalue weighted by Gasteiger charge is 2.18. The quantitative estimate of drug-likeness (QED) is 0.733. The molecule has 0 aliphatic carbocycles. The van der Waals surface area contributed by atoms with Crippen molar-refractivity contribution < 1.29 is 19.1 Å². The second kappa shape index (κ2) is 9.61. The van der Waals surface area contributed by atoms with Crippen molar-refractivity contribution >= 4 is 11.9 Å². The summed E-state index contributed by atoms with van der Waals surface area (Å²) >= 11 is 0. The lowest BCUT2D eigenvalue weighted by Crippen LogP contribution is -2.33. The predicted octanol–water partition coefficient (Wildman–Crippen LogP) is 3.76. The molecule has 1 atom stereocenters. The van der Waals surface area contributed by atoms with Gasteiger partial charge in [-0.05, 0) is 30.0 Å². The number of nitrogens with one attached hydrogen (secondary N) is 1. The molecule has 0 bridgehead atoms. The normalized spacial score (nSPS) is 11.7. The van der Waals surface area contributed by atoms with Crippen LogP contribution in [0.25, 0.3) is 0 Å². The number of hydrogen-bond donors (Lipinski definition) is 1. The molecule has 0 spiro atoms. The van der Waals surface area contributed by atoms with Crippen molar-refractivity contribution in [1.82, 2.24) is 5.32 Å². The second-order valence-corrected chi connectivity index (χ2v) is 6.44. The fraction of sp³-hybridized carbons (Fsp3) is 0.333. The van der Waals surface area contributed by atoms with E-state index in [1.807, 2.05) is 30.3 Å². The number of benzene rings is 2. The van der Waals surface area contributed by atoms with Gasteiger partial charge in [0.15, 0.2) is 6.61 Å². The van der Waals surface area contributed by atoms with Crippen molar-refractivity contribution in [2.45, 2.75) is 26.3 Å². The molecule has 0 saturated carbocycles. The average Bonchev–Trinajstić information content (AvgIpc) is 2.66. The van der Waals surface area contributed by atoms with Gasteiger partial charge in [-0.25, -0.2) is 4.79 Å². The summed E-state index contributed by atoms with van der Waals surface area (Å²) in [5.41, 5.74) is 1.33. The highest BCUT2D eigenvalue weighted by atomic mass is 16.5. The number of amides is 1. The number of hydrogen-bond acceptors (Lipinski definition) is 4. The summed E-state index contributed by atoms with van der Waals surface area (Å²) in [6.07, 6.45) is 0.802. The Morgan fingerprint density at radius 3 is 2.31 bits per heavy atom. The van der Waals surface area contributed by atoms with Gasteiger partial charge < -0.3 is 14.8 Å². The number of carbonyl (C=O) groups excluding carboxylic acids is 2. The lowest BCUT2D eigenvalue weighted by molar-refractivity contribution is -0.125. The average molecular weight is 355 g/mol. The number of ether oxygens (including phenoxy) is 2. The molecule has 0 aromatic heterocycles. The van der Waals surface area contributed by atoms with Crippen LogP contribution in [0.4, 0.5) is 0 Å². The van der Waals surface area contributed by atoms with E-state index in [4.69, 9.17) is 9.47 Å². The van der Waals surface area contributed by atoms with Gasteiger partial charge in [-0.15, -0.1) is 0 Å². The first-order chi connectivity index (χ1) is 12.5. The number of carbonyl (C=O) groups is 2. The molecule has 1 amide bonds. The smallest absolute Gasteiger partial charge is 0.342 e. The molecule has 1 N–H and O–H groups in total. The van der Waals surface area contributed by atoms with E-state index in [0.29, 0.717) is 17.2 Å². The van der Waals surface area contributed by atoms with Crippen LogP contribution >= 0.6 is 0 Å². The molecule has 5 heteroatoms. The molecule has 0 saturated heterocycles. The fourth-order valence-electron chi connectivity index (χ4n) is 2.69. The van der Waals surface area contributed by atoms with E-state index in [-0.39, 0.29) is 18.6 Å². The van der Waals surface area contributed by atoms with E-state index in [0.717, 1.165) is 12.0 Å². The standard InChI is InChI=1S/C21H25NO4/c1-15(2)13-18(16-9-5-4-6-10-16)22-20(23)14-26-21(24)17-11-7-8-12-19(17)25-3/h4-12,15,18H,13-14H2,1-3H3,(H,22,23). The van der Waals surface area contributed by atoms with Gasteiger partial charge in [0.05, 0.1) is 13.2 Å². The van der Waals surface area contributed by atoms with E-state index in [2.05, 4.69) is 19.2 Å². The van der Waals surface area contributed by atoms with Crippen LogP contribution in [0.5, 0.6) is 5.75 Å². The first-order valence-corrected chi connectivity index (χ1v) is 8.65. The molecule has 0 aliphatic rings. The number of rotatable bonds is 8. The largest absolute Gasteiger partial charge is 0.496 e. The molecule has 2 rings (SSSR count). The molecule has 5 nitrogen and oxygen atoms in total. The third-order valence-corrected chi connectivity index (χ3v) is 3.91. The third kappa shape index (κ3) is 5.62. The summed E-state index contributed by atoms with van der Waals surface area (Å²) in [5.74, 6) is -0.0861. The molecule has 0 radical (unpaired) electrons. The fourth-order valence-corrected chi connectivity index (χ4v) is 2.69. The van der Waals surface area contributed by atoms with Crippen molar-refractivity contribution in [3.8, 4) is 5.75 Å². The van der Waals surface area contributed by atoms with Crippen LogP contribution in [-0.2, 0) is 9.53 Å². The van der Waals surface area contributed by atoms with Crippen molar-refractivity contribution in [2.24, 2.45) is 5.92 Å². The van der Waals surface area contributed by atoms with Crippen molar-refractivity contribution in [3.05, 3.63) is 65.7 Å². The summed E-state index contributed by atoms with van der Waals surface area (Å²) in [6, 6.07) is 16.4. The van der Waals surface area contributed by atoms with Gasteiger partial charge in [-0.2, -0.15) is 0 Å². The summed E-state index contributed by atoms with van der Waals surface area (Å²) in [5, 5.41) is 2.95. The zero-order chi connectivity index (χ0) is 18.9. The van der Waals surface area contributed by atoms with E-state index in [1.54, 1.807) is 24.3 Å². The maximum absolute atomic E-state index is 12.3. The Hall–Kier alpha value is -2.82. The molecular formula is C21H25NO4. The molecule has 2 aromatic rings. The van der Waals surface area contributed by atoms with Gasteiger partial charge in [-0.1, -0.05) is 56.3 Å². The van der Waals surface area contributed by atoms with Gasteiger partial charge in [0.25, 0.3) is 5.91 Å². The van der Waals surface area contributed by atoms with Crippen LogP contribution in [0.15, 0.2) is 54.6 Å². The zero-order valence-corrected chi connectivity index (χ0v) is 15.4. The summed E-state index contributed by atoms with van der Waals surface area (Å²) < 4.78 is 10.3. The maximum Gasteiger partial charge on any atom is 0.342 e. The molecule has 26 heavy (non-hydrogen) atoms. The Bertz CT molecular complexity index is 728. The molecule has 0 aliphatic heterocycles. The van der Waals surface area contributed by atoms with Crippen LogP contribution in [0.1, 0.15) is 42.2 Å². The van der Waals surface area contributed by atoms with Gasteiger partial charge in [0.1, 0.15) is 11.3 Å². The molecule has 2 aromatic carbocycles. The van der Waals surface area contributed by atoms with Crippen LogP contribution in [0, 0.1) is 5.92 Å². The Balaban J connectivity index is 1.96. The SMILES string of the molecule is COc1ccccc1C(=O)OCC(=O)NC(CC(C)C)c1ccccc1. The number of esters is 1. The summed E-state index contributed by atoms with van der Waals surface area (Å²) in [7, 11) is 1.48. The van der Waals surface area contributed by atoms with Gasteiger partial charge in [0.2, 0.25) is 0 Å². The molecule has 1 unspecified atom stereocenters. The number of methoxy groups -OCH3 is 1. The van der Waals surface area contributed by atoms with E-state index < -0.39 is 5.97 Å². The Kier molecular flexibility index (Phi) is 7.21. The molecular weight excluding hydrogens is 330 g/mol. The maximum atomic E-state index is 12.3. The van der Waals surface area contributed by atoms with Crippen molar-refractivity contribution in [2.75, 3.05) is 13.7 Å². The number of para-hydroxylation sites is 1. The Morgan fingerprint density at radius 1 is 1.00 bits per heavy atom. The summed E-state index contributed by atoms with van der Waals surface area (Å²) in [4.78, 5) is 24.5. The van der Waals surface area contributed by atoms with Crippen molar-refractivity contribution in [1.29, 1.82) is 0 Å². The lowest BCUT2D eigenvalue weighted by atomic mass is 9.97. The van der Waals surface area contributed by atoms with Crippen LogP contribution < -0.4 is 10.1 Å².